The molecule has 0 amide bonds. The van der Waals surface area contributed by atoms with E-state index in [1.165, 1.54) is 43.5 Å². The summed E-state index contributed by atoms with van der Waals surface area (Å²) in [4.78, 5) is 12.0. The number of nitrogens with zero attached hydrogens (tertiary/aromatic N) is 2. The summed E-state index contributed by atoms with van der Waals surface area (Å²) >= 11 is 0. The third-order valence-electron chi connectivity index (χ3n) is 10.9. The van der Waals surface area contributed by atoms with Crippen LogP contribution in [0.2, 0.25) is 0 Å². The Morgan fingerprint density at radius 1 is 0.719 bits per heavy atom. The van der Waals surface area contributed by atoms with Gasteiger partial charge in [0.2, 0.25) is 5.69 Å². The molecule has 2 aliphatic heterocycles. The van der Waals surface area contributed by atoms with Crippen LogP contribution in [0.3, 0.4) is 0 Å². The Labute approximate surface area is 443 Å². The number of fused-ring (bicyclic) bond motifs is 2. The molecule has 0 saturated carbocycles. The van der Waals surface area contributed by atoms with Crippen molar-refractivity contribution in [3.05, 3.63) is 95.8 Å². The number of rotatable bonds is 23. The van der Waals surface area contributed by atoms with Gasteiger partial charge in [-0.2, -0.15) is 4.58 Å². The van der Waals surface area contributed by atoms with Gasteiger partial charge in [-0.05, 0) is 94.3 Å². The average molecular weight is 995 g/mol. The fourth-order valence-electron chi connectivity index (χ4n) is 7.98. The first-order chi connectivity index (χ1) is 28.3. The molecular weight excluding hydrogens is 946 g/mol. The molecule has 4 rings (SSSR count). The third kappa shape index (κ3) is 16.6. The van der Waals surface area contributed by atoms with Crippen molar-refractivity contribution in [3.8, 4) is 0 Å². The van der Waals surface area contributed by atoms with Gasteiger partial charge in [0.1, 0.15) is 26.8 Å². The Bertz CT molecular complexity index is 2600. The fraction of sp³-hybridized carbons (Fsp3) is 0.450. The number of hydrogen-bond donors (Lipinski definition) is 1. The van der Waals surface area contributed by atoms with E-state index in [0.29, 0.717) is 66.3 Å². The van der Waals surface area contributed by atoms with E-state index in [-0.39, 0.29) is 127 Å². The number of ether oxygens (including phenoxy) is 1. The Morgan fingerprint density at radius 2 is 1.25 bits per heavy atom. The van der Waals surface area contributed by atoms with Gasteiger partial charge in [0, 0.05) is 72.5 Å². The smallest absolute Gasteiger partial charge is 0.748 e. The van der Waals surface area contributed by atoms with Crippen molar-refractivity contribution >= 4 is 63.5 Å². The number of carbonyl (C=O) groups is 1. The Morgan fingerprint density at radius 3 is 1.80 bits per heavy atom. The van der Waals surface area contributed by atoms with E-state index in [0.717, 1.165) is 0 Å². The van der Waals surface area contributed by atoms with Gasteiger partial charge in [-0.25, -0.2) is 33.7 Å². The van der Waals surface area contributed by atoms with E-state index in [2.05, 4.69) is 0 Å². The maximum absolute atomic E-state index is 12.1. The number of aliphatic carboxylic acids is 1. The molecule has 336 valence electrons. The summed E-state index contributed by atoms with van der Waals surface area (Å²) in [7, 11) is -17.4. The zero-order valence-electron chi connectivity index (χ0n) is 36.9. The van der Waals surface area contributed by atoms with Crippen molar-refractivity contribution in [3.63, 3.8) is 0 Å². The number of methoxy groups -OCH3 is 1. The summed E-state index contributed by atoms with van der Waals surface area (Å²) in [6.45, 7) is 4.45. The van der Waals surface area contributed by atoms with Crippen molar-refractivity contribution in [1.29, 1.82) is 0 Å². The number of anilines is 1. The number of benzene rings is 2. The first-order valence-electron chi connectivity index (χ1n) is 19.3. The van der Waals surface area contributed by atoms with Gasteiger partial charge in [0.05, 0.1) is 42.0 Å². The third-order valence-corrected chi connectivity index (χ3v) is 14.1. The molecule has 0 bridgehead atoms. The largest absolute Gasteiger partial charge is 1.00 e. The van der Waals surface area contributed by atoms with Crippen molar-refractivity contribution < 1.29 is 160 Å². The molecule has 0 aliphatic carbocycles. The van der Waals surface area contributed by atoms with Crippen LogP contribution in [-0.4, -0.2) is 112 Å². The van der Waals surface area contributed by atoms with Gasteiger partial charge in [-0.3, -0.25) is 4.79 Å². The number of allylic oxidation sites excluding steroid dienone is 8. The molecule has 17 nitrogen and oxygen atoms in total. The van der Waals surface area contributed by atoms with Crippen LogP contribution in [0.4, 0.5) is 11.4 Å². The van der Waals surface area contributed by atoms with Crippen molar-refractivity contribution in [2.75, 3.05) is 43.2 Å². The molecule has 0 aromatic heterocycles. The van der Waals surface area contributed by atoms with Crippen LogP contribution in [0.15, 0.2) is 94.4 Å². The van der Waals surface area contributed by atoms with Gasteiger partial charge >= 0.3 is 94.6 Å². The zero-order valence-corrected chi connectivity index (χ0v) is 46.2. The number of carboxylic acids is 1. The fourth-order valence-corrected chi connectivity index (χ4v) is 9.97. The number of carboxylic acid groups (broad SMARTS) is 1. The molecule has 0 saturated heterocycles. The average Bonchev–Trinajstić information content (AvgIpc) is 3.51. The first-order valence-corrected chi connectivity index (χ1v) is 25.2. The van der Waals surface area contributed by atoms with E-state index in [9.17, 15) is 56.7 Å². The topological polar surface area (TPSA) is 282 Å². The normalized spacial score (nSPS) is 19.5. The van der Waals surface area contributed by atoms with Crippen LogP contribution < -0.4 is 93.6 Å². The maximum Gasteiger partial charge on any atom is 1.00 e. The quantitative estimate of drug-likeness (QED) is 0.0359. The van der Waals surface area contributed by atoms with E-state index in [1.807, 2.05) is 9.48 Å². The predicted molar refractivity (Wildman–Crippen MR) is 222 cm³/mol. The summed E-state index contributed by atoms with van der Waals surface area (Å²) < 4.78 is 149. The number of unbranched alkanes of at least 4 members (excludes halogenated alkanes) is 2. The van der Waals surface area contributed by atoms with Gasteiger partial charge < -0.3 is 33.0 Å². The van der Waals surface area contributed by atoms with Gasteiger partial charge in [-0.15, -0.1) is 0 Å². The molecule has 64 heavy (non-hydrogen) atoms. The minimum atomic E-state index is -4.88. The van der Waals surface area contributed by atoms with Gasteiger partial charge in [0.15, 0.2) is 5.71 Å². The van der Waals surface area contributed by atoms with Crippen molar-refractivity contribution in [2.24, 2.45) is 0 Å². The molecule has 2 unspecified atom stereocenters. The number of hydrogen-bond acceptors (Lipinski definition) is 15. The summed E-state index contributed by atoms with van der Waals surface area (Å²) in [5.41, 5.74) is 1.20. The zero-order chi connectivity index (χ0) is 45.4. The van der Waals surface area contributed by atoms with Crippen LogP contribution in [0.1, 0.15) is 76.3 Å². The molecule has 0 spiro atoms. The van der Waals surface area contributed by atoms with Crippen molar-refractivity contribution in [1.82, 2.24) is 0 Å². The molecule has 0 radical (unpaired) electrons. The molecule has 2 atom stereocenters. The second-order valence-corrected chi connectivity index (χ2v) is 21.0. The maximum atomic E-state index is 12.1. The first kappa shape index (κ1) is 61.0. The molecule has 24 heteroatoms. The van der Waals surface area contributed by atoms with E-state index in [4.69, 9.17) is 9.84 Å². The monoisotopic (exact) mass is 994 g/mol. The molecule has 2 aromatic rings. The summed E-state index contributed by atoms with van der Waals surface area (Å²) in [6.07, 6.45) is 13.5. The minimum absolute atomic E-state index is 0. The SMILES string of the molecule is COCCN1/C(=C/C=C/C=C/C=C/C2=[N+](CCCCCC(=O)O)c3ccc(S(=O)(=O)[O-])cc3C2(C)CCCS(=O)(=O)[O-])C(C)(CCCS(=O)(=O)[O-])c2cc(S(=O)(=O)[O-])ccc21.[Na+].[Na+].[Na+]. The molecular formula is C40H49N2Na3O15S4. The molecule has 2 heterocycles. The summed E-state index contributed by atoms with van der Waals surface area (Å²) in [5.74, 6) is -2.26. The van der Waals surface area contributed by atoms with Crippen LogP contribution in [-0.2, 0) is 60.8 Å². The standard InChI is InChI=1S/C40H52N2O15S4.3Na/c1-39(21-12-26-58(45,46)47)32-28-30(60(51,52)53)17-19-34(32)41(23-11-7-10-16-38(43)44)36(39)14-8-5-4-6-9-15-37-40(2,22-13-27-59(48,49)50)33-29-31(61(54,55)56)18-20-35(33)42(37)24-25-57-3;;;/h4-6,8-9,14-15,17-20,28-29H,7,10-13,16,21-27H2,1-3H3,(H4-,43,44,45,46,47,48,49,50,51,52,53,54,55,56);;;/q;3*+1/p-3. The summed E-state index contributed by atoms with van der Waals surface area (Å²) in [6, 6.07) is 7.91. The van der Waals surface area contributed by atoms with Gasteiger partial charge in [0.25, 0.3) is 0 Å². The second kappa shape index (κ2) is 25.5. The predicted octanol–water partition coefficient (Wildman–Crippen LogP) is -4.86. The Kier molecular flexibility index (Phi) is 24.3. The van der Waals surface area contributed by atoms with Crippen LogP contribution >= 0.6 is 0 Å². The molecule has 2 aliphatic rings. The van der Waals surface area contributed by atoms with Crippen LogP contribution in [0, 0.1) is 0 Å². The van der Waals surface area contributed by atoms with E-state index >= 15 is 0 Å². The second-order valence-electron chi connectivity index (χ2n) is 15.2. The summed E-state index contributed by atoms with van der Waals surface area (Å²) in [5, 5.41) is 9.08. The van der Waals surface area contributed by atoms with Crippen LogP contribution in [0.5, 0.6) is 0 Å². The molecule has 0 fully saturated rings. The molecule has 1 N–H and O–H groups in total. The minimum Gasteiger partial charge on any atom is -0.748 e. The van der Waals surface area contributed by atoms with Crippen molar-refractivity contribution in [2.45, 2.75) is 85.8 Å². The van der Waals surface area contributed by atoms with Gasteiger partial charge in [-0.1, -0.05) is 30.4 Å². The van der Waals surface area contributed by atoms with Crippen LogP contribution in [0.25, 0.3) is 0 Å². The Balaban J connectivity index is 0.00000683. The molecule has 2 aromatic carbocycles. The van der Waals surface area contributed by atoms with E-state index < -0.39 is 78.6 Å². The van der Waals surface area contributed by atoms with E-state index in [1.54, 1.807) is 56.4 Å². The Hall–Kier alpha value is -1.06.